The van der Waals surface area contributed by atoms with Gasteiger partial charge in [-0.3, -0.25) is 4.98 Å². The zero-order valence-corrected chi connectivity index (χ0v) is 22.4. The molecule has 8 rings (SSSR count). The van der Waals surface area contributed by atoms with Crippen molar-refractivity contribution in [1.82, 2.24) is 19.9 Å². The van der Waals surface area contributed by atoms with Gasteiger partial charge in [-0.25, -0.2) is 15.0 Å². The van der Waals surface area contributed by atoms with Crippen LogP contribution in [0, 0.1) is 11.3 Å². The number of hydrogen-bond donors (Lipinski definition) is 0. The van der Waals surface area contributed by atoms with Crippen LogP contribution in [0.4, 0.5) is 0 Å². The normalized spacial score (nSPS) is 11.3. The van der Waals surface area contributed by atoms with Crippen molar-refractivity contribution >= 4 is 32.3 Å². The number of nitriles is 1. The fourth-order valence-corrected chi connectivity index (χ4v) is 5.82. The SMILES string of the molecule is N#Cc1ccc(-c2nc(-c3ccccc3-c3cccnc3)nc(-c3ccc4ccc5cccc6ccc3c4c56)n2)cc1. The van der Waals surface area contributed by atoms with Gasteiger partial charge in [0.25, 0.3) is 0 Å². The number of hydrogen-bond acceptors (Lipinski definition) is 5. The van der Waals surface area contributed by atoms with Gasteiger partial charge >= 0.3 is 0 Å². The van der Waals surface area contributed by atoms with Gasteiger partial charge in [0.1, 0.15) is 0 Å². The smallest absolute Gasteiger partial charge is 0.164 e. The van der Waals surface area contributed by atoms with E-state index >= 15 is 0 Å². The molecule has 0 unspecified atom stereocenters. The molecule has 2 heterocycles. The van der Waals surface area contributed by atoms with Gasteiger partial charge in [0.2, 0.25) is 0 Å². The van der Waals surface area contributed by atoms with E-state index in [-0.39, 0.29) is 0 Å². The van der Waals surface area contributed by atoms with Crippen LogP contribution in [0.15, 0.2) is 128 Å². The lowest BCUT2D eigenvalue weighted by Crippen LogP contribution is -2.01. The molecule has 5 nitrogen and oxygen atoms in total. The minimum Gasteiger partial charge on any atom is -0.264 e. The van der Waals surface area contributed by atoms with Crippen LogP contribution in [0.25, 0.3) is 77.6 Å². The van der Waals surface area contributed by atoms with Crippen molar-refractivity contribution < 1.29 is 0 Å². The highest BCUT2D eigenvalue weighted by atomic mass is 15.0. The predicted molar refractivity (Wildman–Crippen MR) is 168 cm³/mol. The molecular weight excluding hydrogens is 514 g/mol. The molecule has 0 N–H and O–H groups in total. The average molecular weight is 536 g/mol. The maximum absolute atomic E-state index is 9.34. The second-order valence-electron chi connectivity index (χ2n) is 10.3. The Morgan fingerprint density at radius 1 is 0.476 bits per heavy atom. The third kappa shape index (κ3) is 3.86. The molecule has 0 saturated carbocycles. The number of nitrogens with zero attached hydrogens (tertiary/aromatic N) is 5. The van der Waals surface area contributed by atoms with Crippen molar-refractivity contribution in [3.63, 3.8) is 0 Å². The van der Waals surface area contributed by atoms with Crippen LogP contribution < -0.4 is 0 Å². The van der Waals surface area contributed by atoms with Gasteiger partial charge in [-0.1, -0.05) is 78.9 Å². The maximum atomic E-state index is 9.34. The Morgan fingerprint density at radius 3 is 1.88 bits per heavy atom. The summed E-state index contributed by atoms with van der Waals surface area (Å²) >= 11 is 0. The van der Waals surface area contributed by atoms with Gasteiger partial charge in [-0.05, 0) is 74.3 Å². The van der Waals surface area contributed by atoms with E-state index in [2.05, 4.69) is 71.7 Å². The first-order valence-electron chi connectivity index (χ1n) is 13.7. The zero-order valence-electron chi connectivity index (χ0n) is 22.4. The van der Waals surface area contributed by atoms with Crippen LogP contribution in [0.3, 0.4) is 0 Å². The Bertz CT molecular complexity index is 2290. The van der Waals surface area contributed by atoms with Gasteiger partial charge < -0.3 is 0 Å². The summed E-state index contributed by atoms with van der Waals surface area (Å²) in [5.41, 5.74) is 5.21. The first-order valence-corrected chi connectivity index (χ1v) is 13.7. The van der Waals surface area contributed by atoms with Crippen molar-refractivity contribution in [3.05, 3.63) is 133 Å². The van der Waals surface area contributed by atoms with Crippen molar-refractivity contribution in [2.75, 3.05) is 0 Å². The molecule has 8 aromatic rings. The van der Waals surface area contributed by atoms with Crippen molar-refractivity contribution in [1.29, 1.82) is 5.26 Å². The van der Waals surface area contributed by atoms with Gasteiger partial charge in [0.05, 0.1) is 11.6 Å². The largest absolute Gasteiger partial charge is 0.264 e. The minimum absolute atomic E-state index is 0.547. The highest BCUT2D eigenvalue weighted by Gasteiger charge is 2.18. The first kappa shape index (κ1) is 23.9. The highest BCUT2D eigenvalue weighted by molar-refractivity contribution is 6.25. The third-order valence-electron chi connectivity index (χ3n) is 7.82. The van der Waals surface area contributed by atoms with Gasteiger partial charge in [-0.2, -0.15) is 5.26 Å². The Hall–Kier alpha value is -5.99. The molecule has 0 aliphatic carbocycles. The van der Waals surface area contributed by atoms with E-state index in [1.54, 1.807) is 18.3 Å². The third-order valence-corrected chi connectivity index (χ3v) is 7.82. The summed E-state index contributed by atoms with van der Waals surface area (Å²) in [4.78, 5) is 19.4. The fourth-order valence-electron chi connectivity index (χ4n) is 5.82. The Morgan fingerprint density at radius 2 is 1.14 bits per heavy atom. The summed E-state index contributed by atoms with van der Waals surface area (Å²) in [5.74, 6) is 1.72. The van der Waals surface area contributed by atoms with Crippen LogP contribution in [0.5, 0.6) is 0 Å². The summed E-state index contributed by atoms with van der Waals surface area (Å²) in [7, 11) is 0. The van der Waals surface area contributed by atoms with Crippen LogP contribution >= 0.6 is 0 Å². The number of aromatic nitrogens is 4. The predicted octanol–water partition coefficient (Wildman–Crippen LogP) is 8.70. The molecular formula is C37H21N5. The second kappa shape index (κ2) is 9.58. The summed E-state index contributed by atoms with van der Waals surface area (Å²) in [5, 5.41) is 16.5. The first-order chi connectivity index (χ1) is 20.8. The molecule has 6 aromatic carbocycles. The molecule has 194 valence electrons. The van der Waals surface area contributed by atoms with E-state index in [4.69, 9.17) is 15.0 Å². The van der Waals surface area contributed by atoms with E-state index in [1.165, 1.54) is 26.9 Å². The molecule has 2 aromatic heterocycles. The molecule has 0 fully saturated rings. The van der Waals surface area contributed by atoms with E-state index in [0.29, 0.717) is 23.0 Å². The molecule has 0 atom stereocenters. The molecule has 42 heavy (non-hydrogen) atoms. The Balaban J connectivity index is 1.41. The lowest BCUT2D eigenvalue weighted by Gasteiger charge is -2.15. The lowest BCUT2D eigenvalue weighted by molar-refractivity contribution is 1.08. The summed E-state index contributed by atoms with van der Waals surface area (Å²) in [6, 6.07) is 41.0. The molecule has 0 amide bonds. The van der Waals surface area contributed by atoms with Gasteiger partial charge in [-0.15, -0.1) is 0 Å². The van der Waals surface area contributed by atoms with Crippen molar-refractivity contribution in [3.8, 4) is 51.4 Å². The minimum atomic E-state index is 0.547. The molecule has 0 aliphatic heterocycles. The fraction of sp³-hybridized carbons (Fsp3) is 0. The summed E-state index contributed by atoms with van der Waals surface area (Å²) < 4.78 is 0. The van der Waals surface area contributed by atoms with E-state index in [9.17, 15) is 5.26 Å². The molecule has 5 heteroatoms. The van der Waals surface area contributed by atoms with Gasteiger partial charge in [0, 0.05) is 34.6 Å². The van der Waals surface area contributed by atoms with Gasteiger partial charge in [0.15, 0.2) is 17.5 Å². The number of benzene rings is 6. The molecule has 0 spiro atoms. The molecule has 0 saturated heterocycles. The molecule has 0 bridgehead atoms. The standard InChI is InChI=1S/C37H21N5/c38-21-23-10-12-27(13-11-23)35-40-36(31-9-2-1-8-29(31)28-7-4-20-39-22-28)42-37(41-35)32-19-17-26-15-14-24-5-3-6-25-16-18-30(32)34(26)33(24)25/h1-20,22H. The summed E-state index contributed by atoms with van der Waals surface area (Å²) in [6.07, 6.45) is 3.62. The monoisotopic (exact) mass is 535 g/mol. The Kier molecular flexibility index (Phi) is 5.44. The van der Waals surface area contributed by atoms with E-state index in [0.717, 1.165) is 33.2 Å². The van der Waals surface area contributed by atoms with E-state index < -0.39 is 0 Å². The molecule has 0 aliphatic rings. The zero-order chi connectivity index (χ0) is 28.0. The summed E-state index contributed by atoms with van der Waals surface area (Å²) in [6.45, 7) is 0. The number of rotatable bonds is 4. The highest BCUT2D eigenvalue weighted by Crippen LogP contribution is 2.39. The second-order valence-corrected chi connectivity index (χ2v) is 10.3. The average Bonchev–Trinajstić information content (AvgIpc) is 3.07. The van der Waals surface area contributed by atoms with E-state index in [1.807, 2.05) is 48.7 Å². The van der Waals surface area contributed by atoms with Crippen molar-refractivity contribution in [2.45, 2.75) is 0 Å². The van der Waals surface area contributed by atoms with Crippen LogP contribution in [-0.2, 0) is 0 Å². The lowest BCUT2D eigenvalue weighted by atomic mass is 9.92. The molecule has 0 radical (unpaired) electrons. The Labute approximate surface area is 241 Å². The van der Waals surface area contributed by atoms with Crippen LogP contribution in [0.1, 0.15) is 5.56 Å². The number of pyridine rings is 1. The maximum Gasteiger partial charge on any atom is 0.164 e. The van der Waals surface area contributed by atoms with Crippen molar-refractivity contribution in [2.24, 2.45) is 0 Å². The topological polar surface area (TPSA) is 75.3 Å². The van der Waals surface area contributed by atoms with Crippen LogP contribution in [-0.4, -0.2) is 19.9 Å². The van der Waals surface area contributed by atoms with Crippen LogP contribution in [0.2, 0.25) is 0 Å². The quantitative estimate of drug-likeness (QED) is 0.211.